The molecule has 0 spiro atoms. The number of carbonyl (C=O) groups is 2. The van der Waals surface area contributed by atoms with E-state index in [-0.39, 0.29) is 5.69 Å². The number of amides is 2. The Kier molecular flexibility index (Phi) is 6.27. The highest BCUT2D eigenvalue weighted by Crippen LogP contribution is 2.34. The Balaban J connectivity index is 1.60. The zero-order valence-electron chi connectivity index (χ0n) is 18.0. The average Bonchev–Trinajstić information content (AvgIpc) is 2.83. The number of rotatable bonds is 5. The summed E-state index contributed by atoms with van der Waals surface area (Å²) in [4.78, 5) is 35.6. The van der Waals surface area contributed by atoms with Gasteiger partial charge in [0, 0.05) is 30.4 Å². The van der Waals surface area contributed by atoms with Crippen LogP contribution >= 0.6 is 0 Å². The van der Waals surface area contributed by atoms with Crippen molar-refractivity contribution in [2.45, 2.75) is 6.18 Å². The third-order valence-electron chi connectivity index (χ3n) is 5.14. The first-order valence-electron chi connectivity index (χ1n) is 10.3. The van der Waals surface area contributed by atoms with E-state index < -0.39 is 30.1 Å². The molecule has 0 bridgehead atoms. The van der Waals surface area contributed by atoms with E-state index in [4.69, 9.17) is 0 Å². The number of alkyl halides is 3. The molecule has 0 aliphatic carbocycles. The molecule has 0 saturated carbocycles. The molecule has 0 radical (unpaired) electrons. The summed E-state index contributed by atoms with van der Waals surface area (Å²) in [6.45, 7) is -0.441. The summed E-state index contributed by atoms with van der Waals surface area (Å²) in [5.74, 6) is -1.22. The van der Waals surface area contributed by atoms with Gasteiger partial charge >= 0.3 is 6.18 Å². The molecule has 172 valence electrons. The number of carbonyl (C=O) groups excluding carboxylic acids is 2. The van der Waals surface area contributed by atoms with E-state index in [1.165, 1.54) is 25.2 Å². The normalized spacial score (nSPS) is 11.3. The van der Waals surface area contributed by atoms with Crippen LogP contribution in [0.1, 0.15) is 15.9 Å². The summed E-state index contributed by atoms with van der Waals surface area (Å²) in [5, 5.41) is 2.85. The molecule has 0 atom stereocenters. The highest BCUT2D eigenvalue weighted by atomic mass is 19.4. The molecule has 4 rings (SSSR count). The van der Waals surface area contributed by atoms with Crippen LogP contribution in [0.3, 0.4) is 0 Å². The molecule has 2 heterocycles. The molecule has 6 nitrogen and oxygen atoms in total. The summed E-state index contributed by atoms with van der Waals surface area (Å²) < 4.78 is 39.6. The van der Waals surface area contributed by atoms with E-state index in [0.717, 1.165) is 11.0 Å². The van der Waals surface area contributed by atoms with Gasteiger partial charge in [-0.2, -0.15) is 13.2 Å². The minimum absolute atomic E-state index is 0.315. The van der Waals surface area contributed by atoms with Gasteiger partial charge in [-0.1, -0.05) is 30.3 Å². The van der Waals surface area contributed by atoms with Crippen LogP contribution < -0.4 is 5.32 Å². The van der Waals surface area contributed by atoms with Crippen molar-refractivity contribution in [2.75, 3.05) is 18.9 Å². The lowest BCUT2D eigenvalue weighted by atomic mass is 10.0. The highest BCUT2D eigenvalue weighted by molar-refractivity contribution is 6.08. The SMILES string of the molecule is CN(CC(=O)Nc1ccccc1C(F)(F)F)C(=O)c1cc(-c2cccnc2)nc2ccccc12. The van der Waals surface area contributed by atoms with Crippen molar-refractivity contribution in [3.63, 3.8) is 0 Å². The van der Waals surface area contributed by atoms with Gasteiger partial charge in [0.05, 0.1) is 34.6 Å². The van der Waals surface area contributed by atoms with E-state index in [2.05, 4.69) is 15.3 Å². The standard InChI is InChI=1S/C25H19F3N4O2/c1-32(15-23(33)31-21-11-5-3-9-19(21)25(26,27)28)24(34)18-13-22(16-7-6-12-29-14-16)30-20-10-4-2-8-17(18)20/h2-14H,15H2,1H3,(H,31,33). The monoisotopic (exact) mass is 464 g/mol. The number of nitrogens with zero attached hydrogens (tertiary/aromatic N) is 3. The lowest BCUT2D eigenvalue weighted by Crippen LogP contribution is -2.35. The summed E-state index contributed by atoms with van der Waals surface area (Å²) >= 11 is 0. The Morgan fingerprint density at radius 3 is 2.47 bits per heavy atom. The molecule has 0 fully saturated rings. The number of likely N-dealkylation sites (N-methyl/N-ethyl adjacent to an activating group) is 1. The van der Waals surface area contributed by atoms with Crippen LogP contribution in [0.5, 0.6) is 0 Å². The number of pyridine rings is 2. The van der Waals surface area contributed by atoms with Crippen LogP contribution in [-0.2, 0) is 11.0 Å². The van der Waals surface area contributed by atoms with E-state index in [0.29, 0.717) is 27.7 Å². The molecule has 0 aliphatic heterocycles. The van der Waals surface area contributed by atoms with Crippen molar-refractivity contribution in [1.29, 1.82) is 0 Å². The zero-order chi connectivity index (χ0) is 24.3. The fourth-order valence-corrected chi connectivity index (χ4v) is 3.54. The van der Waals surface area contributed by atoms with Gasteiger partial charge in [0.25, 0.3) is 5.91 Å². The Labute approximate surface area is 193 Å². The van der Waals surface area contributed by atoms with Gasteiger partial charge in [-0.15, -0.1) is 0 Å². The quantitative estimate of drug-likeness (QED) is 0.450. The van der Waals surface area contributed by atoms with E-state index >= 15 is 0 Å². The molecule has 2 amide bonds. The largest absolute Gasteiger partial charge is 0.418 e. The van der Waals surface area contributed by atoms with E-state index in [9.17, 15) is 22.8 Å². The molecule has 1 N–H and O–H groups in total. The van der Waals surface area contributed by atoms with Crippen molar-refractivity contribution in [3.8, 4) is 11.3 Å². The maximum absolute atomic E-state index is 13.3. The van der Waals surface area contributed by atoms with Crippen molar-refractivity contribution < 1.29 is 22.8 Å². The number of hydrogen-bond donors (Lipinski definition) is 1. The maximum atomic E-state index is 13.3. The molecule has 9 heteroatoms. The number of aromatic nitrogens is 2. The Morgan fingerprint density at radius 2 is 1.74 bits per heavy atom. The van der Waals surface area contributed by atoms with Crippen molar-refractivity contribution >= 4 is 28.4 Å². The van der Waals surface area contributed by atoms with Crippen LogP contribution in [0.25, 0.3) is 22.2 Å². The smallest absolute Gasteiger partial charge is 0.332 e. The van der Waals surface area contributed by atoms with Crippen molar-refractivity contribution in [2.24, 2.45) is 0 Å². The Bertz CT molecular complexity index is 1360. The Hall–Kier alpha value is -4.27. The summed E-state index contributed by atoms with van der Waals surface area (Å²) in [5.41, 5.74) is 0.825. The first kappa shape index (κ1) is 22.9. The average molecular weight is 464 g/mol. The number of anilines is 1. The van der Waals surface area contributed by atoms with Crippen LogP contribution in [0.2, 0.25) is 0 Å². The van der Waals surface area contributed by atoms with Crippen LogP contribution in [0, 0.1) is 0 Å². The number of halogens is 3. The predicted octanol–water partition coefficient (Wildman–Crippen LogP) is 5.03. The van der Waals surface area contributed by atoms with Gasteiger partial charge in [-0.25, -0.2) is 4.98 Å². The molecular formula is C25H19F3N4O2. The van der Waals surface area contributed by atoms with Gasteiger partial charge in [-0.05, 0) is 36.4 Å². The summed E-state index contributed by atoms with van der Waals surface area (Å²) in [7, 11) is 1.41. The molecule has 2 aromatic carbocycles. The fraction of sp³-hybridized carbons (Fsp3) is 0.120. The van der Waals surface area contributed by atoms with Gasteiger partial charge < -0.3 is 10.2 Å². The molecule has 34 heavy (non-hydrogen) atoms. The molecule has 4 aromatic rings. The van der Waals surface area contributed by atoms with Crippen LogP contribution in [0.4, 0.5) is 18.9 Å². The Morgan fingerprint density at radius 1 is 1.00 bits per heavy atom. The first-order chi connectivity index (χ1) is 16.2. The fourth-order valence-electron chi connectivity index (χ4n) is 3.54. The number of hydrogen-bond acceptors (Lipinski definition) is 4. The van der Waals surface area contributed by atoms with Crippen molar-refractivity contribution in [1.82, 2.24) is 14.9 Å². The van der Waals surface area contributed by atoms with Gasteiger partial charge in [-0.3, -0.25) is 14.6 Å². The number of benzene rings is 2. The number of nitrogens with one attached hydrogen (secondary N) is 1. The second-order valence-electron chi connectivity index (χ2n) is 7.57. The van der Waals surface area contributed by atoms with Gasteiger partial charge in [0.2, 0.25) is 5.91 Å². The third-order valence-corrected chi connectivity index (χ3v) is 5.14. The van der Waals surface area contributed by atoms with Crippen molar-refractivity contribution in [3.05, 3.63) is 90.3 Å². The minimum Gasteiger partial charge on any atom is -0.332 e. The lowest BCUT2D eigenvalue weighted by molar-refractivity contribution is -0.137. The van der Waals surface area contributed by atoms with E-state index in [1.54, 1.807) is 48.8 Å². The van der Waals surface area contributed by atoms with Crippen LogP contribution in [0.15, 0.2) is 79.1 Å². The van der Waals surface area contributed by atoms with Crippen LogP contribution in [-0.4, -0.2) is 40.3 Å². The summed E-state index contributed by atoms with van der Waals surface area (Å²) in [6.07, 6.45) is -1.37. The zero-order valence-corrected chi connectivity index (χ0v) is 18.0. The minimum atomic E-state index is -4.62. The molecular weight excluding hydrogens is 445 g/mol. The lowest BCUT2D eigenvalue weighted by Gasteiger charge is -2.19. The molecule has 2 aromatic heterocycles. The second-order valence-corrected chi connectivity index (χ2v) is 7.57. The number of fused-ring (bicyclic) bond motifs is 1. The predicted molar refractivity (Wildman–Crippen MR) is 122 cm³/mol. The summed E-state index contributed by atoms with van der Waals surface area (Å²) in [6, 6.07) is 16.9. The highest BCUT2D eigenvalue weighted by Gasteiger charge is 2.33. The van der Waals surface area contributed by atoms with Gasteiger partial charge in [0.1, 0.15) is 0 Å². The molecule has 0 unspecified atom stereocenters. The van der Waals surface area contributed by atoms with Gasteiger partial charge in [0.15, 0.2) is 0 Å². The number of para-hydroxylation sites is 2. The topological polar surface area (TPSA) is 75.2 Å². The second kappa shape index (κ2) is 9.30. The third kappa shape index (κ3) is 4.88. The maximum Gasteiger partial charge on any atom is 0.418 e. The van der Waals surface area contributed by atoms with E-state index in [1.807, 2.05) is 6.07 Å². The first-order valence-corrected chi connectivity index (χ1v) is 10.3. The molecule has 0 saturated heterocycles. The molecule has 0 aliphatic rings.